The van der Waals surface area contributed by atoms with E-state index in [2.05, 4.69) is 19.5 Å². The third-order valence-electron chi connectivity index (χ3n) is 4.13. The van der Waals surface area contributed by atoms with Gasteiger partial charge >= 0.3 is 17.9 Å². The molecule has 1 aromatic rings. The first-order chi connectivity index (χ1) is 13.2. The maximum atomic E-state index is 13.7. The zero-order valence-electron chi connectivity index (χ0n) is 15.8. The Hall–Kier alpha value is -3.04. The Morgan fingerprint density at radius 2 is 1.39 bits per heavy atom. The first kappa shape index (κ1) is 23.0. The number of rotatable bonds is 8. The van der Waals surface area contributed by atoms with Gasteiger partial charge in [-0.3, -0.25) is 14.4 Å². The van der Waals surface area contributed by atoms with Crippen molar-refractivity contribution in [1.82, 2.24) is 5.32 Å². The van der Waals surface area contributed by atoms with Crippen LogP contribution in [0.1, 0.15) is 12.5 Å². The van der Waals surface area contributed by atoms with Crippen molar-refractivity contribution in [1.29, 1.82) is 0 Å². The molecule has 28 heavy (non-hydrogen) atoms. The molecule has 1 amide bonds. The van der Waals surface area contributed by atoms with Gasteiger partial charge in [0.2, 0.25) is 5.91 Å². The van der Waals surface area contributed by atoms with Crippen LogP contribution in [0.5, 0.6) is 0 Å². The van der Waals surface area contributed by atoms with Crippen LogP contribution in [0.3, 0.4) is 0 Å². The molecule has 1 rings (SSSR count). The van der Waals surface area contributed by atoms with Gasteiger partial charge in [0, 0.05) is 11.5 Å². The summed E-state index contributed by atoms with van der Waals surface area (Å²) < 4.78 is 41.2. The van der Waals surface area contributed by atoms with Crippen LogP contribution in [0.2, 0.25) is 0 Å². The number of methoxy groups -OCH3 is 3. The molecule has 0 aliphatic carbocycles. The first-order valence-electron chi connectivity index (χ1n) is 8.13. The van der Waals surface area contributed by atoms with E-state index in [0.29, 0.717) is 0 Å². The number of benzene rings is 1. The van der Waals surface area contributed by atoms with Crippen molar-refractivity contribution in [3.8, 4) is 0 Å². The van der Waals surface area contributed by atoms with Crippen molar-refractivity contribution in [3.05, 3.63) is 35.4 Å². The summed E-state index contributed by atoms with van der Waals surface area (Å²) in [7, 11) is 3.12. The molecular formula is C18H21F2NO7. The second kappa shape index (κ2) is 10.3. The van der Waals surface area contributed by atoms with E-state index in [9.17, 15) is 28.0 Å². The van der Waals surface area contributed by atoms with Crippen LogP contribution < -0.4 is 5.32 Å². The normalized spacial score (nSPS) is 12.7. The molecular weight excluding hydrogens is 380 g/mol. The number of carbonyl (C=O) groups is 4. The summed E-state index contributed by atoms with van der Waals surface area (Å²) in [5.74, 6) is -8.39. The number of nitrogens with one attached hydrogen (secondary N) is 1. The molecule has 154 valence electrons. The number of ether oxygens (including phenoxy) is 3. The SMILES string of the molecule is COC(=O)C(C(=O)OC)[C@H](C)[C@H](NC(=O)Cc1c(F)cccc1F)C(=O)OC. The molecule has 1 N–H and O–H groups in total. The smallest absolute Gasteiger partial charge is 0.328 e. The standard InChI is InChI=1S/C18H21F2NO7/c1-9(14(16(23)26-2)17(24)27-3)15(18(25)28-4)21-13(22)8-10-11(19)6-5-7-12(10)20/h5-7,9,14-15H,8H2,1-4H3,(H,21,22)/t9-,15-/m0/s1. The monoisotopic (exact) mass is 401 g/mol. The molecule has 0 fully saturated rings. The summed E-state index contributed by atoms with van der Waals surface area (Å²) in [6.07, 6.45) is -0.708. The number of amides is 1. The van der Waals surface area contributed by atoms with Gasteiger partial charge in [-0.25, -0.2) is 13.6 Å². The number of hydrogen-bond donors (Lipinski definition) is 1. The van der Waals surface area contributed by atoms with Crippen molar-refractivity contribution in [2.75, 3.05) is 21.3 Å². The zero-order chi connectivity index (χ0) is 21.4. The van der Waals surface area contributed by atoms with Crippen molar-refractivity contribution in [3.63, 3.8) is 0 Å². The van der Waals surface area contributed by atoms with Crippen molar-refractivity contribution < 1.29 is 42.2 Å². The lowest BCUT2D eigenvalue weighted by Gasteiger charge is -2.27. The van der Waals surface area contributed by atoms with Gasteiger partial charge in [-0.05, 0) is 12.1 Å². The molecule has 0 aliphatic heterocycles. The highest BCUT2D eigenvalue weighted by Crippen LogP contribution is 2.21. The fourth-order valence-corrected chi connectivity index (χ4v) is 2.59. The lowest BCUT2D eigenvalue weighted by atomic mass is 9.87. The van der Waals surface area contributed by atoms with Crippen LogP contribution in [0, 0.1) is 23.5 Å². The number of carbonyl (C=O) groups excluding carboxylic acids is 4. The average molecular weight is 401 g/mol. The Bertz CT molecular complexity index is 717. The summed E-state index contributed by atoms with van der Waals surface area (Å²) in [5, 5.41) is 2.25. The maximum Gasteiger partial charge on any atom is 0.328 e. The van der Waals surface area contributed by atoms with Gasteiger partial charge in [-0.15, -0.1) is 0 Å². The molecule has 0 bridgehead atoms. The van der Waals surface area contributed by atoms with E-state index in [1.165, 1.54) is 6.92 Å². The number of halogens is 2. The third kappa shape index (κ3) is 5.48. The minimum absolute atomic E-state index is 0.492. The lowest BCUT2D eigenvalue weighted by molar-refractivity contribution is -0.163. The minimum Gasteiger partial charge on any atom is -0.468 e. The van der Waals surface area contributed by atoms with E-state index in [4.69, 9.17) is 0 Å². The van der Waals surface area contributed by atoms with Crippen LogP contribution in [-0.4, -0.2) is 51.2 Å². The fraction of sp³-hybridized carbons (Fsp3) is 0.444. The van der Waals surface area contributed by atoms with E-state index in [1.54, 1.807) is 0 Å². The summed E-state index contributed by atoms with van der Waals surface area (Å²) in [6.45, 7) is 1.32. The predicted molar refractivity (Wildman–Crippen MR) is 90.7 cm³/mol. The maximum absolute atomic E-state index is 13.7. The average Bonchev–Trinajstić information content (AvgIpc) is 2.67. The summed E-state index contributed by atoms with van der Waals surface area (Å²) in [5.41, 5.74) is -0.492. The largest absolute Gasteiger partial charge is 0.468 e. The Morgan fingerprint density at radius 1 is 0.929 bits per heavy atom. The van der Waals surface area contributed by atoms with E-state index in [0.717, 1.165) is 39.5 Å². The van der Waals surface area contributed by atoms with Crippen LogP contribution >= 0.6 is 0 Å². The predicted octanol–water partition coefficient (Wildman–Crippen LogP) is 0.763. The van der Waals surface area contributed by atoms with Gasteiger partial charge in [-0.2, -0.15) is 0 Å². The van der Waals surface area contributed by atoms with Gasteiger partial charge < -0.3 is 19.5 Å². The van der Waals surface area contributed by atoms with Crippen LogP contribution in [0.25, 0.3) is 0 Å². The van der Waals surface area contributed by atoms with E-state index in [-0.39, 0.29) is 0 Å². The third-order valence-corrected chi connectivity index (χ3v) is 4.13. The molecule has 8 nitrogen and oxygen atoms in total. The van der Waals surface area contributed by atoms with Gasteiger partial charge in [0.15, 0.2) is 5.92 Å². The zero-order valence-corrected chi connectivity index (χ0v) is 15.8. The quantitative estimate of drug-likeness (QED) is 0.389. The Morgan fingerprint density at radius 3 is 1.82 bits per heavy atom. The Balaban J connectivity index is 3.10. The van der Waals surface area contributed by atoms with Crippen LogP contribution in [-0.2, 0) is 39.8 Å². The second-order valence-corrected chi connectivity index (χ2v) is 5.83. The van der Waals surface area contributed by atoms with Gasteiger partial charge in [0.25, 0.3) is 0 Å². The highest BCUT2D eigenvalue weighted by molar-refractivity contribution is 5.96. The van der Waals surface area contributed by atoms with E-state index >= 15 is 0 Å². The van der Waals surface area contributed by atoms with Gasteiger partial charge in [-0.1, -0.05) is 13.0 Å². The van der Waals surface area contributed by atoms with Crippen molar-refractivity contribution >= 4 is 23.8 Å². The van der Waals surface area contributed by atoms with Crippen LogP contribution in [0.4, 0.5) is 8.78 Å². The molecule has 0 unspecified atom stereocenters. The minimum atomic E-state index is -1.54. The lowest BCUT2D eigenvalue weighted by Crippen LogP contribution is -2.51. The summed E-state index contributed by atoms with van der Waals surface area (Å²) >= 11 is 0. The van der Waals surface area contributed by atoms with Crippen LogP contribution in [0.15, 0.2) is 18.2 Å². The molecule has 0 saturated carbocycles. The molecule has 0 heterocycles. The van der Waals surface area contributed by atoms with Gasteiger partial charge in [0.05, 0.1) is 27.8 Å². The summed E-state index contributed by atoms with van der Waals surface area (Å²) in [6, 6.07) is 1.63. The molecule has 0 aliphatic rings. The second-order valence-electron chi connectivity index (χ2n) is 5.83. The Kier molecular flexibility index (Phi) is 8.49. The first-order valence-corrected chi connectivity index (χ1v) is 8.13. The van der Waals surface area contributed by atoms with Crippen molar-refractivity contribution in [2.45, 2.75) is 19.4 Å². The molecule has 2 atom stereocenters. The number of hydrogen-bond acceptors (Lipinski definition) is 7. The highest BCUT2D eigenvalue weighted by atomic mass is 19.1. The van der Waals surface area contributed by atoms with Gasteiger partial charge in [0.1, 0.15) is 17.7 Å². The molecule has 1 aromatic carbocycles. The molecule has 10 heteroatoms. The molecule has 0 radical (unpaired) electrons. The fourth-order valence-electron chi connectivity index (χ4n) is 2.59. The molecule has 0 spiro atoms. The molecule has 0 saturated heterocycles. The Labute approximate surface area is 160 Å². The number of esters is 3. The molecule has 0 aromatic heterocycles. The summed E-state index contributed by atoms with van der Waals surface area (Å²) in [4.78, 5) is 48.3. The van der Waals surface area contributed by atoms with E-state index < -0.39 is 65.3 Å². The van der Waals surface area contributed by atoms with Crippen molar-refractivity contribution in [2.24, 2.45) is 11.8 Å². The van der Waals surface area contributed by atoms with E-state index in [1.807, 2.05) is 0 Å². The topological polar surface area (TPSA) is 108 Å². The highest BCUT2D eigenvalue weighted by Gasteiger charge is 2.42.